The van der Waals surface area contributed by atoms with Gasteiger partial charge in [0.05, 0.1) is 12.2 Å². The Hall–Kier alpha value is -3.17. The zero-order chi connectivity index (χ0) is 24.3. The highest BCUT2D eigenvalue weighted by molar-refractivity contribution is 7.89. The first-order chi connectivity index (χ1) is 16.3. The van der Waals surface area contributed by atoms with E-state index >= 15 is 0 Å². The number of hydrogen-bond acceptors (Lipinski definition) is 6. The van der Waals surface area contributed by atoms with Crippen LogP contribution in [0.4, 0.5) is 5.69 Å². The molecule has 1 amide bonds. The van der Waals surface area contributed by atoms with E-state index in [1.54, 1.807) is 25.1 Å². The van der Waals surface area contributed by atoms with Crippen LogP contribution in [-0.2, 0) is 14.8 Å². The molecule has 8 nitrogen and oxygen atoms in total. The summed E-state index contributed by atoms with van der Waals surface area (Å²) >= 11 is 0. The van der Waals surface area contributed by atoms with Gasteiger partial charge in [0.15, 0.2) is 10.7 Å². The van der Waals surface area contributed by atoms with Gasteiger partial charge in [-0.1, -0.05) is 31.1 Å². The van der Waals surface area contributed by atoms with Crippen LogP contribution in [-0.4, -0.2) is 36.9 Å². The van der Waals surface area contributed by atoms with Crippen LogP contribution in [0, 0.1) is 12.8 Å². The van der Waals surface area contributed by atoms with Gasteiger partial charge in [-0.05, 0) is 67.7 Å². The number of aromatic nitrogens is 1. The summed E-state index contributed by atoms with van der Waals surface area (Å²) in [6, 6.07) is 11.2. The maximum absolute atomic E-state index is 13.5. The Labute approximate surface area is 199 Å². The molecule has 1 aliphatic heterocycles. The van der Waals surface area contributed by atoms with Crippen LogP contribution in [0.1, 0.15) is 55.4 Å². The van der Waals surface area contributed by atoms with Gasteiger partial charge < -0.3 is 14.3 Å². The van der Waals surface area contributed by atoms with Crippen LogP contribution in [0.2, 0.25) is 0 Å². The smallest absolute Gasteiger partial charge is 0.248 e. The highest BCUT2D eigenvalue weighted by Crippen LogP contribution is 2.30. The summed E-state index contributed by atoms with van der Waals surface area (Å²) in [5.41, 5.74) is 2.17. The summed E-state index contributed by atoms with van der Waals surface area (Å²) in [5, 5.41) is 6.80. The van der Waals surface area contributed by atoms with Gasteiger partial charge in [-0.15, -0.1) is 0 Å². The summed E-state index contributed by atoms with van der Waals surface area (Å²) in [6.45, 7) is 6.25. The number of benzene rings is 1. The number of nitrogens with one attached hydrogen (secondary N) is 1. The molecule has 1 N–H and O–H groups in total. The van der Waals surface area contributed by atoms with Gasteiger partial charge in [-0.25, -0.2) is 8.42 Å². The molecule has 1 aliphatic rings. The molecule has 0 spiro atoms. The van der Waals surface area contributed by atoms with Gasteiger partial charge in [0.25, 0.3) is 0 Å². The molecule has 1 fully saturated rings. The molecule has 180 valence electrons. The normalized spacial score (nSPS) is 17.5. The number of furan rings is 1. The Balaban J connectivity index is 1.49. The molecular weight excluding hydrogens is 454 g/mol. The van der Waals surface area contributed by atoms with Crippen LogP contribution in [0.15, 0.2) is 56.5 Å². The van der Waals surface area contributed by atoms with Gasteiger partial charge in [0.2, 0.25) is 15.9 Å². The minimum Gasteiger partial charge on any atom is -0.465 e. The Morgan fingerprint density at radius 2 is 1.97 bits per heavy atom. The van der Waals surface area contributed by atoms with Crippen molar-refractivity contribution in [1.82, 2.24) is 9.46 Å². The second-order valence-corrected chi connectivity index (χ2v) is 10.7. The molecule has 4 rings (SSSR count). The summed E-state index contributed by atoms with van der Waals surface area (Å²) < 4.78 is 38.9. The molecule has 3 aromatic rings. The van der Waals surface area contributed by atoms with Crippen molar-refractivity contribution in [2.45, 2.75) is 44.4 Å². The fourth-order valence-corrected chi connectivity index (χ4v) is 5.82. The Bertz CT molecular complexity index is 1260. The largest absolute Gasteiger partial charge is 0.465 e. The Kier molecular flexibility index (Phi) is 7.04. The molecule has 0 bridgehead atoms. The number of sulfonamides is 1. The highest BCUT2D eigenvalue weighted by atomic mass is 32.2. The van der Waals surface area contributed by atoms with E-state index in [4.69, 9.17) is 8.94 Å². The molecular formula is C25H29N3O5S. The van der Waals surface area contributed by atoms with Crippen molar-refractivity contribution in [3.05, 3.63) is 65.4 Å². The van der Waals surface area contributed by atoms with Crippen molar-refractivity contribution in [3.8, 4) is 0 Å². The second kappa shape index (κ2) is 9.99. The first kappa shape index (κ1) is 24.0. The van der Waals surface area contributed by atoms with Gasteiger partial charge >= 0.3 is 0 Å². The molecule has 1 atom stereocenters. The number of amides is 1. The van der Waals surface area contributed by atoms with E-state index in [0.29, 0.717) is 36.8 Å². The third-order valence-corrected chi connectivity index (χ3v) is 8.00. The lowest BCUT2D eigenvalue weighted by Gasteiger charge is -2.31. The van der Waals surface area contributed by atoms with Crippen molar-refractivity contribution in [2.24, 2.45) is 5.92 Å². The number of aryl methyl sites for hydroxylation is 1. The number of anilines is 1. The lowest BCUT2D eigenvalue weighted by atomic mass is 9.98. The number of nitrogens with zero attached hydrogens (tertiary/aromatic N) is 2. The summed E-state index contributed by atoms with van der Waals surface area (Å²) in [7, 11) is -3.91. The Morgan fingerprint density at radius 3 is 2.65 bits per heavy atom. The van der Waals surface area contributed by atoms with Crippen molar-refractivity contribution in [3.63, 3.8) is 0 Å². The minimum atomic E-state index is -3.91. The SMILES string of the molecule is Cc1noc(/C=C/c2ccco2)c1S(=O)(=O)N1CCCC(C(=O)Nc2ccc(C(C)C)cc2)C1. The van der Waals surface area contributed by atoms with Crippen molar-refractivity contribution >= 4 is 33.8 Å². The first-order valence-electron chi connectivity index (χ1n) is 11.3. The molecule has 34 heavy (non-hydrogen) atoms. The number of piperidine rings is 1. The van der Waals surface area contributed by atoms with Gasteiger partial charge in [0, 0.05) is 18.8 Å². The van der Waals surface area contributed by atoms with Crippen LogP contribution in [0.25, 0.3) is 12.2 Å². The van der Waals surface area contributed by atoms with Gasteiger partial charge in [0.1, 0.15) is 11.5 Å². The lowest BCUT2D eigenvalue weighted by molar-refractivity contribution is -0.120. The quantitative estimate of drug-likeness (QED) is 0.512. The molecule has 2 aromatic heterocycles. The predicted molar refractivity (Wildman–Crippen MR) is 130 cm³/mol. The number of carbonyl (C=O) groups excluding carboxylic acids is 1. The second-order valence-electron chi connectivity index (χ2n) is 8.78. The molecule has 0 saturated carbocycles. The fraction of sp³-hybridized carbons (Fsp3) is 0.360. The first-order valence-corrected chi connectivity index (χ1v) is 12.8. The third-order valence-electron chi connectivity index (χ3n) is 5.97. The maximum Gasteiger partial charge on any atom is 0.248 e. The van der Waals surface area contributed by atoms with E-state index in [2.05, 4.69) is 24.3 Å². The van der Waals surface area contributed by atoms with Crippen LogP contribution >= 0.6 is 0 Å². The van der Waals surface area contributed by atoms with Crippen molar-refractivity contribution in [2.75, 3.05) is 18.4 Å². The molecule has 9 heteroatoms. The molecule has 3 heterocycles. The molecule has 0 aliphatic carbocycles. The predicted octanol–water partition coefficient (Wildman–Crippen LogP) is 4.91. The van der Waals surface area contributed by atoms with E-state index in [0.717, 1.165) is 0 Å². The summed E-state index contributed by atoms with van der Waals surface area (Å²) in [4.78, 5) is 12.9. The number of hydrogen-bond donors (Lipinski definition) is 1. The zero-order valence-electron chi connectivity index (χ0n) is 19.5. The topological polar surface area (TPSA) is 106 Å². The maximum atomic E-state index is 13.5. The standard InChI is InChI=1S/C25H29N3O5S/c1-17(2)19-8-10-21(11-9-19)26-25(29)20-6-4-14-28(16-20)34(30,31)24-18(3)27-33-23(24)13-12-22-7-5-15-32-22/h5,7-13,15,17,20H,4,6,14,16H2,1-3H3,(H,26,29)/b13-12+. The summed E-state index contributed by atoms with van der Waals surface area (Å²) in [6.07, 6.45) is 5.89. The van der Waals surface area contributed by atoms with E-state index in [1.807, 2.05) is 24.3 Å². The Morgan fingerprint density at radius 1 is 1.21 bits per heavy atom. The van der Waals surface area contributed by atoms with E-state index < -0.39 is 15.9 Å². The lowest BCUT2D eigenvalue weighted by Crippen LogP contribution is -2.43. The number of rotatable bonds is 7. The van der Waals surface area contributed by atoms with Crippen LogP contribution in [0.5, 0.6) is 0 Å². The zero-order valence-corrected chi connectivity index (χ0v) is 20.3. The van der Waals surface area contributed by atoms with Gasteiger partial charge in [-0.3, -0.25) is 4.79 Å². The summed E-state index contributed by atoms with van der Waals surface area (Å²) in [5.74, 6) is 0.466. The highest BCUT2D eigenvalue weighted by Gasteiger charge is 2.37. The molecule has 1 saturated heterocycles. The van der Waals surface area contributed by atoms with Crippen molar-refractivity contribution < 1.29 is 22.2 Å². The average Bonchev–Trinajstić information content (AvgIpc) is 3.47. The van der Waals surface area contributed by atoms with Gasteiger partial charge in [-0.2, -0.15) is 4.31 Å². The molecule has 0 radical (unpaired) electrons. The number of carbonyl (C=O) groups is 1. The minimum absolute atomic E-state index is 0.0145. The van der Waals surface area contributed by atoms with Crippen LogP contribution in [0.3, 0.4) is 0 Å². The van der Waals surface area contributed by atoms with E-state index in [9.17, 15) is 13.2 Å². The molecule has 1 aromatic carbocycles. The van der Waals surface area contributed by atoms with E-state index in [1.165, 1.54) is 22.2 Å². The monoisotopic (exact) mass is 483 g/mol. The fourth-order valence-electron chi connectivity index (χ4n) is 4.04. The third kappa shape index (κ3) is 5.15. The van der Waals surface area contributed by atoms with Crippen LogP contribution < -0.4 is 5.32 Å². The average molecular weight is 484 g/mol. The van der Waals surface area contributed by atoms with E-state index in [-0.39, 0.29) is 28.8 Å². The van der Waals surface area contributed by atoms with Crippen molar-refractivity contribution in [1.29, 1.82) is 0 Å². The molecule has 1 unspecified atom stereocenters.